The maximum Gasteiger partial charge on any atom is -0.00462 e. The molecule has 1 rings (SSSR count). The van der Waals surface area contributed by atoms with Crippen molar-refractivity contribution in [3.63, 3.8) is 0 Å². The lowest BCUT2D eigenvalue weighted by Crippen LogP contribution is -2.30. The van der Waals surface area contributed by atoms with E-state index in [1.54, 1.807) is 0 Å². The van der Waals surface area contributed by atoms with Gasteiger partial charge in [-0.3, -0.25) is 0 Å². The molecule has 1 heteroatoms. The molecule has 0 amide bonds. The fraction of sp³-hybridized carbons (Fsp3) is 1.00. The molecular formula is C9H19N. The van der Waals surface area contributed by atoms with Gasteiger partial charge in [0.2, 0.25) is 0 Å². The maximum absolute atomic E-state index is 3.39. The molecule has 0 radical (unpaired) electrons. The average Bonchev–Trinajstić information content (AvgIpc) is 2.05. The second-order valence-electron chi connectivity index (χ2n) is 3.47. The van der Waals surface area contributed by atoms with Gasteiger partial charge in [-0.1, -0.05) is 20.3 Å². The summed E-state index contributed by atoms with van der Waals surface area (Å²) in [6.07, 6.45) is 4.15. The fourth-order valence-corrected chi connectivity index (χ4v) is 1.75. The van der Waals surface area contributed by atoms with E-state index >= 15 is 0 Å². The molecule has 1 nitrogen and oxygen atoms in total. The molecule has 1 saturated heterocycles. The molecule has 0 saturated carbocycles. The van der Waals surface area contributed by atoms with Crippen molar-refractivity contribution < 1.29 is 0 Å². The summed E-state index contributed by atoms with van der Waals surface area (Å²) in [5.74, 6) is 1.95. The number of hydrogen-bond acceptors (Lipinski definition) is 1. The van der Waals surface area contributed by atoms with E-state index in [1.165, 1.54) is 32.4 Å². The SMILES string of the molecule is CC[C@@H](C)C1CCNCC1. The van der Waals surface area contributed by atoms with Gasteiger partial charge in [-0.2, -0.15) is 0 Å². The molecule has 0 aromatic carbocycles. The van der Waals surface area contributed by atoms with E-state index < -0.39 is 0 Å². The lowest BCUT2D eigenvalue weighted by atomic mass is 9.85. The second-order valence-corrected chi connectivity index (χ2v) is 3.47. The van der Waals surface area contributed by atoms with Crippen LogP contribution in [-0.2, 0) is 0 Å². The highest BCUT2D eigenvalue weighted by atomic mass is 14.9. The van der Waals surface area contributed by atoms with Gasteiger partial charge in [0.1, 0.15) is 0 Å². The number of rotatable bonds is 2. The van der Waals surface area contributed by atoms with Gasteiger partial charge in [0, 0.05) is 0 Å². The van der Waals surface area contributed by atoms with Crippen LogP contribution in [0.1, 0.15) is 33.1 Å². The Morgan fingerprint density at radius 1 is 1.40 bits per heavy atom. The van der Waals surface area contributed by atoms with Crippen LogP contribution < -0.4 is 5.32 Å². The molecule has 1 atom stereocenters. The maximum atomic E-state index is 3.39. The summed E-state index contributed by atoms with van der Waals surface area (Å²) in [5, 5.41) is 3.39. The number of piperidine rings is 1. The molecule has 1 aliphatic heterocycles. The molecule has 0 spiro atoms. The first-order valence-electron chi connectivity index (χ1n) is 4.55. The zero-order valence-electron chi connectivity index (χ0n) is 7.19. The van der Waals surface area contributed by atoms with Crippen molar-refractivity contribution in [1.82, 2.24) is 5.32 Å². The average molecular weight is 141 g/mol. The molecule has 0 aliphatic carbocycles. The fourth-order valence-electron chi connectivity index (χ4n) is 1.75. The van der Waals surface area contributed by atoms with Gasteiger partial charge >= 0.3 is 0 Å². The van der Waals surface area contributed by atoms with Gasteiger partial charge in [0.15, 0.2) is 0 Å². The summed E-state index contributed by atoms with van der Waals surface area (Å²) in [4.78, 5) is 0. The van der Waals surface area contributed by atoms with Crippen molar-refractivity contribution in [2.24, 2.45) is 11.8 Å². The zero-order chi connectivity index (χ0) is 7.40. The molecule has 1 fully saturated rings. The Kier molecular flexibility index (Phi) is 3.20. The van der Waals surface area contributed by atoms with Gasteiger partial charge in [-0.05, 0) is 37.8 Å². The van der Waals surface area contributed by atoms with Gasteiger partial charge in [-0.25, -0.2) is 0 Å². The molecule has 1 aliphatic rings. The van der Waals surface area contributed by atoms with Crippen molar-refractivity contribution in [2.75, 3.05) is 13.1 Å². The Morgan fingerprint density at radius 3 is 2.50 bits per heavy atom. The highest BCUT2D eigenvalue weighted by molar-refractivity contribution is 4.72. The van der Waals surface area contributed by atoms with Crippen molar-refractivity contribution in [3.05, 3.63) is 0 Å². The zero-order valence-corrected chi connectivity index (χ0v) is 7.19. The second kappa shape index (κ2) is 3.97. The predicted octanol–water partition coefficient (Wildman–Crippen LogP) is 2.03. The summed E-state index contributed by atoms with van der Waals surface area (Å²) in [5.41, 5.74) is 0. The molecule has 60 valence electrons. The summed E-state index contributed by atoms with van der Waals surface area (Å²) in [6.45, 7) is 7.17. The third kappa shape index (κ3) is 1.98. The van der Waals surface area contributed by atoms with Crippen LogP contribution in [0.5, 0.6) is 0 Å². The summed E-state index contributed by atoms with van der Waals surface area (Å²) in [7, 11) is 0. The first-order chi connectivity index (χ1) is 4.84. The van der Waals surface area contributed by atoms with Crippen LogP contribution in [0.25, 0.3) is 0 Å². The third-order valence-electron chi connectivity index (χ3n) is 2.83. The quantitative estimate of drug-likeness (QED) is 0.620. The van der Waals surface area contributed by atoms with E-state index in [9.17, 15) is 0 Å². The van der Waals surface area contributed by atoms with E-state index in [1.807, 2.05) is 0 Å². The summed E-state index contributed by atoms with van der Waals surface area (Å²) in [6, 6.07) is 0. The van der Waals surface area contributed by atoms with Crippen LogP contribution in [-0.4, -0.2) is 13.1 Å². The molecule has 10 heavy (non-hydrogen) atoms. The van der Waals surface area contributed by atoms with E-state index in [4.69, 9.17) is 0 Å². The Balaban J connectivity index is 2.24. The van der Waals surface area contributed by atoms with Gasteiger partial charge in [0.25, 0.3) is 0 Å². The van der Waals surface area contributed by atoms with Crippen molar-refractivity contribution in [2.45, 2.75) is 33.1 Å². The van der Waals surface area contributed by atoms with Crippen LogP contribution in [0, 0.1) is 11.8 Å². The van der Waals surface area contributed by atoms with Crippen LogP contribution in [0.4, 0.5) is 0 Å². The molecule has 1 N–H and O–H groups in total. The monoisotopic (exact) mass is 141 g/mol. The minimum atomic E-state index is 0.946. The van der Waals surface area contributed by atoms with Crippen LogP contribution >= 0.6 is 0 Å². The van der Waals surface area contributed by atoms with Crippen molar-refractivity contribution in [3.8, 4) is 0 Å². The number of nitrogens with one attached hydrogen (secondary N) is 1. The molecule has 1 heterocycles. The topological polar surface area (TPSA) is 12.0 Å². The highest BCUT2D eigenvalue weighted by Crippen LogP contribution is 2.23. The first kappa shape index (κ1) is 8.06. The smallest absolute Gasteiger partial charge is 0.00462 e. The normalized spacial score (nSPS) is 24.6. The largest absolute Gasteiger partial charge is 0.317 e. The molecular weight excluding hydrogens is 122 g/mol. The Bertz CT molecular complexity index is 84.7. The Labute approximate surface area is 64.2 Å². The van der Waals surface area contributed by atoms with Crippen LogP contribution in [0.15, 0.2) is 0 Å². The third-order valence-corrected chi connectivity index (χ3v) is 2.83. The molecule has 0 aromatic rings. The lowest BCUT2D eigenvalue weighted by molar-refractivity contribution is 0.270. The highest BCUT2D eigenvalue weighted by Gasteiger charge is 2.17. The van der Waals surface area contributed by atoms with Crippen LogP contribution in [0.2, 0.25) is 0 Å². The van der Waals surface area contributed by atoms with Crippen molar-refractivity contribution in [1.29, 1.82) is 0 Å². The first-order valence-corrected chi connectivity index (χ1v) is 4.55. The van der Waals surface area contributed by atoms with E-state index in [-0.39, 0.29) is 0 Å². The van der Waals surface area contributed by atoms with E-state index in [2.05, 4.69) is 19.2 Å². The minimum absolute atomic E-state index is 0.946. The lowest BCUT2D eigenvalue weighted by Gasteiger charge is -2.27. The van der Waals surface area contributed by atoms with Gasteiger partial charge < -0.3 is 5.32 Å². The Morgan fingerprint density at radius 2 is 2.00 bits per heavy atom. The van der Waals surface area contributed by atoms with Crippen LogP contribution in [0.3, 0.4) is 0 Å². The minimum Gasteiger partial charge on any atom is -0.317 e. The van der Waals surface area contributed by atoms with E-state index in [0.717, 1.165) is 11.8 Å². The van der Waals surface area contributed by atoms with E-state index in [0.29, 0.717) is 0 Å². The van der Waals surface area contributed by atoms with Crippen molar-refractivity contribution >= 4 is 0 Å². The van der Waals surface area contributed by atoms with Gasteiger partial charge in [0.05, 0.1) is 0 Å². The standard InChI is InChI=1S/C9H19N/c1-3-8(2)9-4-6-10-7-5-9/h8-10H,3-7H2,1-2H3/t8-/m1/s1. The molecule has 0 unspecified atom stereocenters. The Hall–Kier alpha value is -0.0400. The summed E-state index contributed by atoms with van der Waals surface area (Å²) < 4.78 is 0. The molecule has 0 aromatic heterocycles. The summed E-state index contributed by atoms with van der Waals surface area (Å²) >= 11 is 0. The van der Waals surface area contributed by atoms with Gasteiger partial charge in [-0.15, -0.1) is 0 Å². The number of hydrogen-bond donors (Lipinski definition) is 1. The predicted molar refractivity (Wildman–Crippen MR) is 45.0 cm³/mol. The molecule has 0 bridgehead atoms.